The van der Waals surface area contributed by atoms with E-state index in [1.165, 1.54) is 10.4 Å². The van der Waals surface area contributed by atoms with Crippen LogP contribution in [0.2, 0.25) is 5.02 Å². The molecular formula is C22H21ClN2O2S. The molecule has 0 saturated carbocycles. The Morgan fingerprint density at radius 2 is 1.86 bits per heavy atom. The number of aliphatic imine (C=N–C) groups is 1. The molecule has 3 aromatic rings. The highest BCUT2D eigenvalue weighted by atomic mass is 35.5. The van der Waals surface area contributed by atoms with Gasteiger partial charge in [0.25, 0.3) is 0 Å². The fraction of sp³-hybridized carbons (Fsp3) is 0.273. The molecule has 1 aliphatic rings. The van der Waals surface area contributed by atoms with Gasteiger partial charge in [0.2, 0.25) is 11.9 Å². The largest absolute Gasteiger partial charge is 0.454 e. The molecule has 144 valence electrons. The minimum Gasteiger partial charge on any atom is -0.454 e. The van der Waals surface area contributed by atoms with Gasteiger partial charge in [0, 0.05) is 28.0 Å². The molecule has 6 heteroatoms. The van der Waals surface area contributed by atoms with E-state index in [0.717, 1.165) is 34.3 Å². The van der Waals surface area contributed by atoms with Crippen molar-refractivity contribution in [1.82, 2.24) is 4.98 Å². The van der Waals surface area contributed by atoms with Crippen LogP contribution in [0.3, 0.4) is 0 Å². The van der Waals surface area contributed by atoms with E-state index >= 15 is 0 Å². The number of aromatic nitrogens is 1. The Kier molecular flexibility index (Phi) is 5.13. The van der Waals surface area contributed by atoms with Gasteiger partial charge in [0.05, 0.1) is 5.69 Å². The van der Waals surface area contributed by atoms with E-state index in [4.69, 9.17) is 26.1 Å². The molecular weight excluding hydrogens is 392 g/mol. The molecule has 4 rings (SSSR count). The average Bonchev–Trinajstić information content (AvgIpc) is 3.27. The summed E-state index contributed by atoms with van der Waals surface area (Å²) < 4.78 is 10.9. The van der Waals surface area contributed by atoms with Crippen LogP contribution in [0.15, 0.2) is 47.5 Å². The van der Waals surface area contributed by atoms with Crippen molar-refractivity contribution in [2.24, 2.45) is 4.99 Å². The molecule has 0 radical (unpaired) electrons. The second-order valence-electron chi connectivity index (χ2n) is 7.69. The predicted molar refractivity (Wildman–Crippen MR) is 115 cm³/mol. The van der Waals surface area contributed by atoms with Crippen LogP contribution in [0.4, 0.5) is 5.13 Å². The summed E-state index contributed by atoms with van der Waals surface area (Å²) in [6.07, 6.45) is 2.61. The summed E-state index contributed by atoms with van der Waals surface area (Å²) >= 11 is 7.57. The first-order chi connectivity index (χ1) is 13.4. The van der Waals surface area contributed by atoms with Gasteiger partial charge in [-0.2, -0.15) is 0 Å². The Balaban J connectivity index is 1.62. The van der Waals surface area contributed by atoms with Crippen molar-refractivity contribution in [3.05, 3.63) is 69.2 Å². The first kappa shape index (κ1) is 19.0. The molecule has 0 N–H and O–H groups in total. The predicted octanol–water partition coefficient (Wildman–Crippen LogP) is 6.16. The summed E-state index contributed by atoms with van der Waals surface area (Å²) in [5.41, 5.74) is 3.19. The average molecular weight is 413 g/mol. The lowest BCUT2D eigenvalue weighted by atomic mass is 9.90. The summed E-state index contributed by atoms with van der Waals surface area (Å²) in [5.74, 6) is 1.61. The SMILES string of the molecule is CC(C)(C)c1nc(N=Cc2ccc(Cl)cc2)sc1Cc1ccc2c(c1)OCO2. The molecule has 0 aliphatic carbocycles. The molecule has 0 amide bonds. The molecule has 1 aromatic heterocycles. The van der Waals surface area contributed by atoms with E-state index in [2.05, 4.69) is 31.8 Å². The second kappa shape index (κ2) is 7.57. The maximum atomic E-state index is 5.94. The Bertz CT molecular complexity index is 1020. The Morgan fingerprint density at radius 3 is 2.61 bits per heavy atom. The standard InChI is InChI=1S/C22H21ClN2O2S/c1-22(2,3)20-19(11-15-6-9-17-18(10-15)27-13-26-17)28-21(25-20)24-12-14-4-7-16(23)8-5-14/h4-10,12H,11,13H2,1-3H3. The van der Waals surface area contributed by atoms with E-state index in [1.807, 2.05) is 42.6 Å². The molecule has 0 bridgehead atoms. The van der Waals surface area contributed by atoms with Gasteiger partial charge in [0.1, 0.15) is 0 Å². The number of rotatable bonds is 4. The van der Waals surface area contributed by atoms with Gasteiger partial charge < -0.3 is 9.47 Å². The lowest BCUT2D eigenvalue weighted by Gasteiger charge is -2.17. The zero-order chi connectivity index (χ0) is 19.7. The van der Waals surface area contributed by atoms with Crippen LogP contribution in [-0.4, -0.2) is 18.0 Å². The van der Waals surface area contributed by atoms with Gasteiger partial charge in [-0.25, -0.2) is 9.98 Å². The van der Waals surface area contributed by atoms with E-state index < -0.39 is 0 Å². The molecule has 1 aliphatic heterocycles. The third-order valence-electron chi connectivity index (χ3n) is 4.39. The van der Waals surface area contributed by atoms with Crippen LogP contribution in [-0.2, 0) is 11.8 Å². The fourth-order valence-electron chi connectivity index (χ4n) is 3.02. The summed E-state index contributed by atoms with van der Waals surface area (Å²) in [6, 6.07) is 13.7. The molecule has 0 spiro atoms. The maximum absolute atomic E-state index is 5.94. The number of hydrogen-bond acceptors (Lipinski definition) is 5. The minimum absolute atomic E-state index is 0.0593. The van der Waals surface area contributed by atoms with E-state index in [1.54, 1.807) is 11.3 Å². The van der Waals surface area contributed by atoms with Crippen LogP contribution in [0.5, 0.6) is 11.5 Å². The fourth-order valence-corrected chi connectivity index (χ4v) is 4.29. The van der Waals surface area contributed by atoms with Gasteiger partial charge in [0.15, 0.2) is 11.5 Å². The van der Waals surface area contributed by atoms with Crippen molar-refractivity contribution in [2.75, 3.05) is 6.79 Å². The monoisotopic (exact) mass is 412 g/mol. The molecule has 0 fully saturated rings. The summed E-state index contributed by atoms with van der Waals surface area (Å²) in [7, 11) is 0. The Hall–Kier alpha value is -2.37. The first-order valence-corrected chi connectivity index (χ1v) is 10.3. The number of halogens is 1. The van der Waals surface area contributed by atoms with Crippen LogP contribution in [0, 0.1) is 0 Å². The summed E-state index contributed by atoms with van der Waals surface area (Å²) in [6.45, 7) is 6.82. The highest BCUT2D eigenvalue weighted by molar-refractivity contribution is 7.15. The number of hydrogen-bond donors (Lipinski definition) is 0. The highest BCUT2D eigenvalue weighted by Gasteiger charge is 2.24. The maximum Gasteiger partial charge on any atom is 0.231 e. The molecule has 2 aromatic carbocycles. The molecule has 0 atom stereocenters. The second-order valence-corrected chi connectivity index (χ2v) is 9.19. The van der Waals surface area contributed by atoms with Crippen LogP contribution < -0.4 is 9.47 Å². The van der Waals surface area contributed by atoms with Crippen molar-refractivity contribution in [2.45, 2.75) is 32.6 Å². The number of ether oxygens (including phenoxy) is 2. The van der Waals surface area contributed by atoms with Crippen LogP contribution in [0.1, 0.15) is 42.5 Å². The number of fused-ring (bicyclic) bond motifs is 1. The van der Waals surface area contributed by atoms with Gasteiger partial charge in [-0.15, -0.1) is 0 Å². The topological polar surface area (TPSA) is 43.7 Å². The van der Waals surface area contributed by atoms with Crippen LogP contribution >= 0.6 is 22.9 Å². The van der Waals surface area contributed by atoms with Gasteiger partial charge in [-0.3, -0.25) is 0 Å². The van der Waals surface area contributed by atoms with Gasteiger partial charge in [-0.05, 0) is 35.4 Å². The third-order valence-corrected chi connectivity index (χ3v) is 5.61. The molecule has 4 nitrogen and oxygen atoms in total. The van der Waals surface area contributed by atoms with Crippen molar-refractivity contribution < 1.29 is 9.47 Å². The minimum atomic E-state index is -0.0593. The molecule has 2 heterocycles. The number of thiazole rings is 1. The van der Waals surface area contributed by atoms with Crippen molar-refractivity contribution in [3.8, 4) is 11.5 Å². The van der Waals surface area contributed by atoms with E-state index in [9.17, 15) is 0 Å². The smallest absolute Gasteiger partial charge is 0.231 e. The van der Waals surface area contributed by atoms with Crippen molar-refractivity contribution in [3.63, 3.8) is 0 Å². The zero-order valence-electron chi connectivity index (χ0n) is 16.0. The Morgan fingerprint density at radius 1 is 1.11 bits per heavy atom. The van der Waals surface area contributed by atoms with Crippen molar-refractivity contribution in [1.29, 1.82) is 0 Å². The van der Waals surface area contributed by atoms with Crippen molar-refractivity contribution >= 4 is 34.3 Å². The zero-order valence-corrected chi connectivity index (χ0v) is 17.6. The normalized spacial score (nSPS) is 13.4. The number of benzene rings is 2. The first-order valence-electron chi connectivity index (χ1n) is 9.07. The lowest BCUT2D eigenvalue weighted by molar-refractivity contribution is 0.174. The molecule has 28 heavy (non-hydrogen) atoms. The summed E-state index contributed by atoms with van der Waals surface area (Å²) in [5, 5.41) is 1.48. The third kappa shape index (κ3) is 4.21. The number of nitrogens with zero attached hydrogens (tertiary/aromatic N) is 2. The van der Waals surface area contributed by atoms with E-state index in [0.29, 0.717) is 5.02 Å². The van der Waals surface area contributed by atoms with E-state index in [-0.39, 0.29) is 12.2 Å². The quantitative estimate of drug-likeness (QED) is 0.481. The summed E-state index contributed by atoms with van der Waals surface area (Å²) in [4.78, 5) is 10.6. The van der Waals surface area contributed by atoms with Crippen LogP contribution in [0.25, 0.3) is 0 Å². The highest BCUT2D eigenvalue weighted by Crippen LogP contribution is 2.37. The molecule has 0 saturated heterocycles. The lowest BCUT2D eigenvalue weighted by Crippen LogP contribution is -2.14. The van der Waals surface area contributed by atoms with Gasteiger partial charge in [-0.1, -0.05) is 61.9 Å². The molecule has 0 unspecified atom stereocenters. The van der Waals surface area contributed by atoms with Gasteiger partial charge >= 0.3 is 0 Å². The Labute approximate surface area is 173 Å².